The fraction of sp³-hybridized carbons (Fsp3) is 0.286. The Morgan fingerprint density at radius 3 is 2.37 bits per heavy atom. The lowest BCUT2D eigenvalue weighted by Gasteiger charge is -2.23. The Morgan fingerprint density at radius 2 is 1.83 bits per heavy atom. The van der Waals surface area contributed by atoms with Crippen LogP contribution in [0.4, 0.5) is 13.2 Å². The van der Waals surface area contributed by atoms with Gasteiger partial charge in [-0.3, -0.25) is 9.59 Å². The predicted octanol–water partition coefficient (Wildman–Crippen LogP) is 3.90. The van der Waals surface area contributed by atoms with Crippen LogP contribution in [0.3, 0.4) is 0 Å². The SMILES string of the molecule is CCC[C@@H](c1ccc(C(F)(F)F)cc1)n1c(C(=O)NC)nc2cccc(C(N)=O)c21. The molecule has 0 radical (unpaired) electrons. The number of para-hydroxylation sites is 1. The third-order valence-electron chi connectivity index (χ3n) is 4.90. The van der Waals surface area contributed by atoms with E-state index in [-0.39, 0.29) is 11.4 Å². The monoisotopic (exact) mass is 418 g/mol. The minimum atomic E-state index is -4.45. The molecule has 1 heterocycles. The van der Waals surface area contributed by atoms with Gasteiger partial charge < -0.3 is 15.6 Å². The highest BCUT2D eigenvalue weighted by Crippen LogP contribution is 2.34. The Labute approximate surface area is 170 Å². The zero-order valence-corrected chi connectivity index (χ0v) is 16.5. The van der Waals surface area contributed by atoms with Crippen molar-refractivity contribution in [3.8, 4) is 0 Å². The van der Waals surface area contributed by atoms with Crippen molar-refractivity contribution in [3.63, 3.8) is 0 Å². The smallest absolute Gasteiger partial charge is 0.366 e. The molecule has 9 heteroatoms. The molecular weight excluding hydrogens is 397 g/mol. The van der Waals surface area contributed by atoms with Crippen LogP contribution < -0.4 is 11.1 Å². The van der Waals surface area contributed by atoms with Gasteiger partial charge in [0, 0.05) is 7.05 Å². The predicted molar refractivity (Wildman–Crippen MR) is 106 cm³/mol. The molecule has 0 spiro atoms. The molecule has 2 amide bonds. The van der Waals surface area contributed by atoms with Crippen molar-refractivity contribution in [1.82, 2.24) is 14.9 Å². The first-order valence-electron chi connectivity index (χ1n) is 9.39. The molecule has 6 nitrogen and oxygen atoms in total. The number of halogens is 3. The van der Waals surface area contributed by atoms with Crippen LogP contribution in [0, 0.1) is 0 Å². The Hall–Kier alpha value is -3.36. The first kappa shape index (κ1) is 21.4. The summed E-state index contributed by atoms with van der Waals surface area (Å²) in [5.41, 5.74) is 6.30. The van der Waals surface area contributed by atoms with Crippen LogP contribution in [0.5, 0.6) is 0 Å². The van der Waals surface area contributed by atoms with Crippen LogP contribution in [-0.2, 0) is 6.18 Å². The van der Waals surface area contributed by atoms with Gasteiger partial charge >= 0.3 is 6.18 Å². The molecule has 3 N–H and O–H groups in total. The second-order valence-electron chi connectivity index (χ2n) is 6.85. The molecule has 30 heavy (non-hydrogen) atoms. The van der Waals surface area contributed by atoms with Crippen molar-refractivity contribution in [3.05, 3.63) is 65.0 Å². The molecule has 3 rings (SSSR count). The first-order chi connectivity index (χ1) is 14.2. The number of aromatic nitrogens is 2. The van der Waals surface area contributed by atoms with Crippen LogP contribution in [0.25, 0.3) is 11.0 Å². The molecule has 0 aliphatic rings. The highest BCUT2D eigenvalue weighted by molar-refractivity contribution is 6.06. The van der Waals surface area contributed by atoms with Crippen molar-refractivity contribution in [2.45, 2.75) is 32.0 Å². The number of benzene rings is 2. The molecule has 0 fully saturated rings. The van der Waals surface area contributed by atoms with Gasteiger partial charge in [0.15, 0.2) is 0 Å². The lowest BCUT2D eigenvalue weighted by atomic mass is 9.99. The second kappa shape index (κ2) is 8.17. The average Bonchev–Trinajstić information content (AvgIpc) is 3.10. The van der Waals surface area contributed by atoms with E-state index < -0.39 is 29.6 Å². The van der Waals surface area contributed by atoms with E-state index in [4.69, 9.17) is 5.73 Å². The number of fused-ring (bicyclic) bond motifs is 1. The number of rotatable bonds is 6. The number of nitrogens with one attached hydrogen (secondary N) is 1. The van der Waals surface area contributed by atoms with Gasteiger partial charge in [-0.1, -0.05) is 31.5 Å². The highest BCUT2D eigenvalue weighted by Gasteiger charge is 2.31. The Morgan fingerprint density at radius 1 is 1.17 bits per heavy atom. The van der Waals surface area contributed by atoms with Crippen molar-refractivity contribution in [2.24, 2.45) is 5.73 Å². The maximum Gasteiger partial charge on any atom is 0.416 e. The largest absolute Gasteiger partial charge is 0.416 e. The Bertz CT molecular complexity index is 1090. The van der Waals surface area contributed by atoms with Gasteiger partial charge in [0.05, 0.1) is 28.2 Å². The fourth-order valence-corrected chi connectivity index (χ4v) is 3.54. The first-order valence-corrected chi connectivity index (χ1v) is 9.39. The number of carbonyl (C=O) groups excluding carboxylic acids is 2. The van der Waals surface area contributed by atoms with Crippen LogP contribution in [-0.4, -0.2) is 28.4 Å². The molecule has 0 bridgehead atoms. The third-order valence-corrected chi connectivity index (χ3v) is 4.90. The lowest BCUT2D eigenvalue weighted by molar-refractivity contribution is -0.137. The molecule has 1 atom stereocenters. The van der Waals surface area contributed by atoms with E-state index >= 15 is 0 Å². The summed E-state index contributed by atoms with van der Waals surface area (Å²) >= 11 is 0. The average molecular weight is 418 g/mol. The number of alkyl halides is 3. The van der Waals surface area contributed by atoms with E-state index in [1.165, 1.54) is 25.2 Å². The number of nitrogens with two attached hydrogens (primary N) is 1. The van der Waals surface area contributed by atoms with Crippen LogP contribution in [0.15, 0.2) is 42.5 Å². The topological polar surface area (TPSA) is 90.0 Å². The summed E-state index contributed by atoms with van der Waals surface area (Å²) in [7, 11) is 1.45. The van der Waals surface area contributed by atoms with Crippen molar-refractivity contribution >= 4 is 22.8 Å². The maximum absolute atomic E-state index is 13.0. The van der Waals surface area contributed by atoms with Gasteiger partial charge in [-0.25, -0.2) is 4.98 Å². The summed E-state index contributed by atoms with van der Waals surface area (Å²) in [5.74, 6) is -1.11. The summed E-state index contributed by atoms with van der Waals surface area (Å²) in [4.78, 5) is 29.0. The van der Waals surface area contributed by atoms with E-state index in [9.17, 15) is 22.8 Å². The molecule has 0 saturated heterocycles. The molecule has 0 aliphatic carbocycles. The molecule has 158 valence electrons. The van der Waals surface area contributed by atoms with Crippen LogP contribution >= 0.6 is 0 Å². The molecule has 0 unspecified atom stereocenters. The molecule has 0 saturated carbocycles. The Kier molecular flexibility index (Phi) is 5.82. The van der Waals surface area contributed by atoms with Gasteiger partial charge in [0.25, 0.3) is 11.8 Å². The molecule has 2 aromatic carbocycles. The molecule has 3 aromatic rings. The van der Waals surface area contributed by atoms with Gasteiger partial charge in [0.1, 0.15) is 0 Å². The van der Waals surface area contributed by atoms with Crippen molar-refractivity contribution in [1.29, 1.82) is 0 Å². The van der Waals surface area contributed by atoms with E-state index in [0.29, 0.717) is 29.4 Å². The molecular formula is C21H21F3N4O2. The van der Waals surface area contributed by atoms with Crippen LogP contribution in [0.2, 0.25) is 0 Å². The standard InChI is InChI=1S/C21H21F3N4O2/c1-3-5-16(12-8-10-13(11-9-12)21(22,23)24)28-17-14(18(25)29)6-4-7-15(17)27-19(28)20(30)26-2/h4,6-11,16H,3,5H2,1-2H3,(H2,25,29)(H,26,30)/t16-/m0/s1. The zero-order chi connectivity index (χ0) is 22.1. The number of hydrogen-bond acceptors (Lipinski definition) is 3. The van der Waals surface area contributed by atoms with E-state index in [2.05, 4.69) is 10.3 Å². The quantitative estimate of drug-likeness (QED) is 0.636. The van der Waals surface area contributed by atoms with Crippen molar-refractivity contribution < 1.29 is 22.8 Å². The minimum absolute atomic E-state index is 0.0551. The highest BCUT2D eigenvalue weighted by atomic mass is 19.4. The normalized spacial score (nSPS) is 12.7. The van der Waals surface area contributed by atoms with Gasteiger partial charge in [-0.05, 0) is 36.2 Å². The summed E-state index contributed by atoms with van der Waals surface area (Å²) < 4.78 is 40.6. The summed E-state index contributed by atoms with van der Waals surface area (Å²) in [6, 6.07) is 9.06. The fourth-order valence-electron chi connectivity index (χ4n) is 3.54. The minimum Gasteiger partial charge on any atom is -0.366 e. The third kappa shape index (κ3) is 3.87. The van der Waals surface area contributed by atoms with Crippen LogP contribution in [0.1, 0.15) is 57.9 Å². The molecule has 0 aliphatic heterocycles. The number of carbonyl (C=O) groups is 2. The number of imidazole rings is 1. The zero-order valence-electron chi connectivity index (χ0n) is 16.5. The van der Waals surface area contributed by atoms with E-state index in [0.717, 1.165) is 12.1 Å². The summed E-state index contributed by atoms with van der Waals surface area (Å²) in [6.07, 6.45) is -3.27. The lowest BCUT2D eigenvalue weighted by Crippen LogP contribution is -2.26. The van der Waals surface area contributed by atoms with E-state index in [1.807, 2.05) is 6.92 Å². The van der Waals surface area contributed by atoms with Crippen molar-refractivity contribution in [2.75, 3.05) is 7.05 Å². The second-order valence-corrected chi connectivity index (χ2v) is 6.85. The maximum atomic E-state index is 13.0. The van der Waals surface area contributed by atoms with Gasteiger partial charge in [0.2, 0.25) is 5.82 Å². The number of amides is 2. The number of nitrogens with zero attached hydrogens (tertiary/aromatic N) is 2. The molecule has 1 aromatic heterocycles. The van der Waals surface area contributed by atoms with Gasteiger partial charge in [-0.2, -0.15) is 13.2 Å². The summed E-state index contributed by atoms with van der Waals surface area (Å²) in [6.45, 7) is 1.92. The number of primary amides is 1. The van der Waals surface area contributed by atoms with E-state index in [1.54, 1.807) is 16.7 Å². The number of hydrogen-bond donors (Lipinski definition) is 2. The Balaban J connectivity index is 2.29. The summed E-state index contributed by atoms with van der Waals surface area (Å²) in [5, 5.41) is 2.52. The van der Waals surface area contributed by atoms with Gasteiger partial charge in [-0.15, -0.1) is 0 Å².